The van der Waals surface area contributed by atoms with Gasteiger partial charge in [-0.3, -0.25) is 4.79 Å². The summed E-state index contributed by atoms with van der Waals surface area (Å²) in [5, 5.41) is 19.9. The first kappa shape index (κ1) is 38.0. The molecule has 0 radical (unpaired) electrons. The molecule has 11 atom stereocenters. The monoisotopic (exact) mass is 707 g/mol. The summed E-state index contributed by atoms with van der Waals surface area (Å²) < 4.78 is 6.24. The van der Waals surface area contributed by atoms with Gasteiger partial charge in [-0.2, -0.15) is 0 Å². The number of carbonyl (C=O) groups excluding carboxylic acids is 2. The van der Waals surface area contributed by atoms with Crippen LogP contribution in [0.1, 0.15) is 130 Å². The number of hydrogen-bond donors (Lipinski definition) is 5. The molecule has 0 saturated heterocycles. The highest BCUT2D eigenvalue weighted by Crippen LogP contribution is 2.69. The number of hydrogen-bond acceptors (Lipinski definition) is 7. The van der Waals surface area contributed by atoms with Crippen LogP contribution in [0.5, 0.6) is 0 Å². The summed E-state index contributed by atoms with van der Waals surface area (Å²) in [4.78, 5) is 40.7. The highest BCUT2D eigenvalue weighted by Gasteiger charge is 2.68. The summed E-state index contributed by atoms with van der Waals surface area (Å²) in [6.45, 7) is 14.7. The number of nitrogens with one attached hydrogen (secondary N) is 4. The number of ether oxygens (including phenoxy) is 1. The molecule has 4 saturated carbocycles. The van der Waals surface area contributed by atoms with E-state index in [0.717, 1.165) is 61.4 Å². The maximum atomic E-state index is 13.7. The summed E-state index contributed by atoms with van der Waals surface area (Å²) in [6, 6.07) is -0.933. The molecule has 4 aliphatic carbocycles. The van der Waals surface area contributed by atoms with Crippen molar-refractivity contribution >= 4 is 11.9 Å². The molecule has 2 heterocycles. The lowest BCUT2D eigenvalue weighted by Gasteiger charge is -2.66. The van der Waals surface area contributed by atoms with E-state index in [1.165, 1.54) is 38.5 Å². The standard InChI is InChI=1S/C41H66N6O4/c1-7-37(48)47-35(19-29-23-43-25-46-29)38(49)51-30-13-17-40(6)34-14-16-39(5)32(27(4)10-8-9-26(2)3)11-12-33(39)31(34)20-36(41(40,50)21-30)44-18-15-28-22-42-24-45-28/h22-27,30-36,44,50H,7-21H2,1-6H3,(H,42,45)(H,43,46)(H,47,48)/t27?,30-,31-,32+,33-,34-,35?,36+,39+,40+,41-/m0/s1. The second-order valence-electron chi connectivity index (χ2n) is 17.9. The zero-order chi connectivity index (χ0) is 36.4. The number of carbonyl (C=O) groups is 2. The molecule has 51 heavy (non-hydrogen) atoms. The van der Waals surface area contributed by atoms with Gasteiger partial charge in [0.2, 0.25) is 5.91 Å². The van der Waals surface area contributed by atoms with Gasteiger partial charge in [0.1, 0.15) is 12.1 Å². The van der Waals surface area contributed by atoms with Crippen molar-refractivity contribution in [2.24, 2.45) is 46.3 Å². The molecule has 284 valence electrons. The number of aromatic amines is 2. The third-order valence-electron chi connectivity index (χ3n) is 14.6. The maximum Gasteiger partial charge on any atom is 0.329 e. The molecule has 2 aromatic heterocycles. The number of aromatic nitrogens is 4. The van der Waals surface area contributed by atoms with Crippen LogP contribution in [0.3, 0.4) is 0 Å². The van der Waals surface area contributed by atoms with Crippen LogP contribution in [-0.4, -0.2) is 67.3 Å². The molecule has 2 aromatic rings. The van der Waals surface area contributed by atoms with Crippen molar-refractivity contribution in [2.75, 3.05) is 6.54 Å². The highest BCUT2D eigenvalue weighted by molar-refractivity contribution is 5.84. The number of aliphatic hydroxyl groups is 1. The van der Waals surface area contributed by atoms with E-state index in [0.29, 0.717) is 36.0 Å². The minimum atomic E-state index is -1.03. The molecule has 0 spiro atoms. The third-order valence-corrected chi connectivity index (χ3v) is 14.6. The van der Waals surface area contributed by atoms with E-state index in [4.69, 9.17) is 4.74 Å². The Bertz CT molecular complexity index is 1430. The molecule has 0 aliphatic heterocycles. The number of rotatable bonds is 15. The molecule has 1 amide bonds. The average Bonchev–Trinajstić information content (AvgIpc) is 3.87. The molecule has 4 aliphatic rings. The van der Waals surface area contributed by atoms with Gasteiger partial charge in [-0.1, -0.05) is 60.8 Å². The molecule has 10 nitrogen and oxygen atoms in total. The zero-order valence-corrected chi connectivity index (χ0v) is 32.2. The highest BCUT2D eigenvalue weighted by atomic mass is 16.5. The topological polar surface area (TPSA) is 145 Å². The van der Waals surface area contributed by atoms with Crippen LogP contribution in [-0.2, 0) is 27.2 Å². The van der Waals surface area contributed by atoms with Crippen molar-refractivity contribution in [3.63, 3.8) is 0 Å². The van der Waals surface area contributed by atoms with Crippen molar-refractivity contribution in [1.29, 1.82) is 0 Å². The molecular formula is C41H66N6O4. The number of esters is 1. The minimum absolute atomic E-state index is 0.112. The number of fused-ring (bicyclic) bond motifs is 5. The summed E-state index contributed by atoms with van der Waals surface area (Å²) in [7, 11) is 0. The fraction of sp³-hybridized carbons (Fsp3) is 0.805. The quantitative estimate of drug-likeness (QED) is 0.133. The number of imidazole rings is 2. The van der Waals surface area contributed by atoms with Crippen molar-refractivity contribution < 1.29 is 19.4 Å². The second kappa shape index (κ2) is 15.7. The first-order chi connectivity index (χ1) is 24.4. The summed E-state index contributed by atoms with van der Waals surface area (Å²) in [6.07, 6.45) is 19.6. The van der Waals surface area contributed by atoms with Gasteiger partial charge in [-0.05, 0) is 85.9 Å². The normalized spacial score (nSPS) is 35.8. The van der Waals surface area contributed by atoms with Crippen LogP contribution in [0.2, 0.25) is 0 Å². The molecular weight excluding hydrogens is 640 g/mol. The molecule has 4 fully saturated rings. The predicted molar refractivity (Wildman–Crippen MR) is 198 cm³/mol. The van der Waals surface area contributed by atoms with Gasteiger partial charge >= 0.3 is 5.97 Å². The van der Waals surface area contributed by atoms with Gasteiger partial charge in [-0.25, -0.2) is 14.8 Å². The SMILES string of the molecule is CCC(=O)NC(Cc1cnc[nH]1)C(=O)O[C@H]1CC[C@]2(C)[C@H]3CC[C@]4(C)[C@@H](C(C)CCCC(C)C)CC[C@H]4[C@@H]3C[C@@H](NCCc3cnc[nH]3)[C@@]2(O)C1. The van der Waals surface area contributed by atoms with Crippen LogP contribution in [0.4, 0.5) is 0 Å². The van der Waals surface area contributed by atoms with Gasteiger partial charge < -0.3 is 30.4 Å². The third kappa shape index (κ3) is 7.69. The Hall–Kier alpha value is -2.72. The Balaban J connectivity index is 1.21. The molecule has 0 bridgehead atoms. The fourth-order valence-corrected chi connectivity index (χ4v) is 11.8. The number of amides is 1. The predicted octanol–water partition coefficient (Wildman–Crippen LogP) is 6.53. The van der Waals surface area contributed by atoms with Crippen molar-refractivity contribution in [3.05, 3.63) is 36.4 Å². The number of nitrogens with zero attached hydrogens (tertiary/aromatic N) is 2. The summed E-state index contributed by atoms with van der Waals surface area (Å²) >= 11 is 0. The van der Waals surface area contributed by atoms with Gasteiger partial charge in [-0.15, -0.1) is 0 Å². The first-order valence-electron chi connectivity index (χ1n) is 20.3. The van der Waals surface area contributed by atoms with Crippen molar-refractivity contribution in [2.45, 2.75) is 155 Å². The van der Waals surface area contributed by atoms with Crippen LogP contribution < -0.4 is 10.6 Å². The molecule has 5 N–H and O–H groups in total. The van der Waals surface area contributed by atoms with E-state index < -0.39 is 23.7 Å². The van der Waals surface area contributed by atoms with E-state index in [-0.39, 0.29) is 30.2 Å². The Labute approximate surface area is 305 Å². The largest absolute Gasteiger partial charge is 0.461 e. The molecule has 2 unspecified atom stereocenters. The lowest BCUT2D eigenvalue weighted by molar-refractivity contribution is -0.237. The molecule has 10 heteroatoms. The van der Waals surface area contributed by atoms with Gasteiger partial charge in [0, 0.05) is 67.5 Å². The van der Waals surface area contributed by atoms with Crippen LogP contribution in [0.25, 0.3) is 0 Å². The maximum absolute atomic E-state index is 13.7. The summed E-state index contributed by atoms with van der Waals surface area (Å²) in [5.74, 6) is 3.32. The fourth-order valence-electron chi connectivity index (χ4n) is 11.8. The van der Waals surface area contributed by atoms with E-state index in [1.807, 2.05) is 6.20 Å². The Morgan fingerprint density at radius 1 is 1.00 bits per heavy atom. The van der Waals surface area contributed by atoms with Crippen LogP contribution >= 0.6 is 0 Å². The Morgan fingerprint density at radius 2 is 1.75 bits per heavy atom. The van der Waals surface area contributed by atoms with Crippen molar-refractivity contribution in [1.82, 2.24) is 30.6 Å². The Kier molecular flexibility index (Phi) is 11.7. The van der Waals surface area contributed by atoms with E-state index in [2.05, 4.69) is 65.2 Å². The van der Waals surface area contributed by atoms with Crippen molar-refractivity contribution in [3.8, 4) is 0 Å². The number of H-pyrrole nitrogens is 2. The zero-order valence-electron chi connectivity index (χ0n) is 32.2. The van der Waals surface area contributed by atoms with E-state index >= 15 is 0 Å². The minimum Gasteiger partial charge on any atom is -0.461 e. The smallest absolute Gasteiger partial charge is 0.329 e. The lowest BCUT2D eigenvalue weighted by atomic mass is 9.42. The van der Waals surface area contributed by atoms with Gasteiger partial charge in [0.15, 0.2) is 0 Å². The molecule has 6 rings (SSSR count). The van der Waals surface area contributed by atoms with Crippen LogP contribution in [0.15, 0.2) is 25.0 Å². The van der Waals surface area contributed by atoms with Crippen LogP contribution in [0, 0.1) is 46.3 Å². The lowest BCUT2D eigenvalue weighted by Crippen LogP contribution is -2.71. The van der Waals surface area contributed by atoms with E-state index in [1.54, 1.807) is 25.8 Å². The second-order valence-corrected chi connectivity index (χ2v) is 17.9. The average molecular weight is 707 g/mol. The van der Waals surface area contributed by atoms with Gasteiger partial charge in [0.05, 0.1) is 18.3 Å². The Morgan fingerprint density at radius 3 is 2.43 bits per heavy atom. The summed E-state index contributed by atoms with van der Waals surface area (Å²) in [5.41, 5.74) is 0.857. The van der Waals surface area contributed by atoms with E-state index in [9.17, 15) is 14.7 Å². The molecule has 0 aromatic carbocycles. The van der Waals surface area contributed by atoms with Gasteiger partial charge in [0.25, 0.3) is 0 Å². The first-order valence-corrected chi connectivity index (χ1v) is 20.3.